The van der Waals surface area contributed by atoms with Gasteiger partial charge in [-0.3, -0.25) is 0 Å². The first-order valence-corrected chi connectivity index (χ1v) is 9.31. The Bertz CT molecular complexity index is 873. The highest BCUT2D eigenvalue weighted by atomic mass is 35.5. The standard InChI is InChI=1S/C15H13ClFN3O2S.C3H8/c1-18-15-20-13-10(21-2)5-9(6-11(13)23-15)22-7-8-3-4-19-14(16)12(8)17;1-3-2/h3-6H,7H2,1-2H3,(H,18,20);3H2,1-2H3. The van der Waals surface area contributed by atoms with Crippen molar-refractivity contribution >= 4 is 38.3 Å². The van der Waals surface area contributed by atoms with Crippen molar-refractivity contribution < 1.29 is 13.9 Å². The Morgan fingerprint density at radius 1 is 1.31 bits per heavy atom. The molecule has 0 atom stereocenters. The van der Waals surface area contributed by atoms with Crippen LogP contribution in [-0.4, -0.2) is 24.1 Å². The highest BCUT2D eigenvalue weighted by Crippen LogP contribution is 2.36. The van der Waals surface area contributed by atoms with Gasteiger partial charge in [-0.1, -0.05) is 43.2 Å². The van der Waals surface area contributed by atoms with E-state index in [1.165, 1.54) is 30.0 Å². The van der Waals surface area contributed by atoms with Crippen molar-refractivity contribution in [3.05, 3.63) is 40.9 Å². The molecule has 0 unspecified atom stereocenters. The molecule has 0 spiro atoms. The number of fused-ring (bicyclic) bond motifs is 1. The largest absolute Gasteiger partial charge is 0.494 e. The lowest BCUT2D eigenvalue weighted by Gasteiger charge is -2.09. The number of hydrogen-bond donors (Lipinski definition) is 1. The molecular formula is C18H21ClFN3O2S. The summed E-state index contributed by atoms with van der Waals surface area (Å²) >= 11 is 7.15. The summed E-state index contributed by atoms with van der Waals surface area (Å²) in [6, 6.07) is 5.10. The van der Waals surface area contributed by atoms with Crippen molar-refractivity contribution in [1.29, 1.82) is 0 Å². The molecule has 2 heterocycles. The maximum absolute atomic E-state index is 13.8. The average molecular weight is 398 g/mol. The van der Waals surface area contributed by atoms with E-state index in [1.54, 1.807) is 20.2 Å². The van der Waals surface area contributed by atoms with Gasteiger partial charge in [0.15, 0.2) is 16.1 Å². The molecule has 0 saturated heterocycles. The molecule has 0 aliphatic heterocycles. The lowest BCUT2D eigenvalue weighted by atomic mass is 10.2. The molecule has 0 radical (unpaired) electrons. The van der Waals surface area contributed by atoms with Gasteiger partial charge >= 0.3 is 0 Å². The molecule has 0 aliphatic rings. The number of rotatable bonds is 5. The summed E-state index contributed by atoms with van der Waals surface area (Å²) in [6.45, 7) is 4.29. The van der Waals surface area contributed by atoms with Gasteiger partial charge in [0.2, 0.25) is 0 Å². The van der Waals surface area contributed by atoms with Crippen LogP contribution in [-0.2, 0) is 6.61 Å². The highest BCUT2D eigenvalue weighted by Gasteiger charge is 2.13. The number of anilines is 1. The number of hydrogen-bond acceptors (Lipinski definition) is 6. The molecule has 2 aromatic heterocycles. The number of nitrogens with one attached hydrogen (secondary N) is 1. The second kappa shape index (κ2) is 9.54. The molecule has 0 amide bonds. The third-order valence-corrected chi connectivity index (χ3v) is 4.47. The van der Waals surface area contributed by atoms with Crippen molar-refractivity contribution in [2.75, 3.05) is 19.5 Å². The fourth-order valence-electron chi connectivity index (χ4n) is 2.05. The third kappa shape index (κ3) is 4.74. The average Bonchev–Trinajstić information content (AvgIpc) is 3.06. The quantitative estimate of drug-likeness (QED) is 0.573. The normalized spacial score (nSPS) is 10.2. The Hall–Kier alpha value is -2.12. The SMILES string of the molecule is CCC.CNc1nc2c(OC)cc(OCc3ccnc(Cl)c3F)cc2s1. The molecular weight excluding hydrogens is 377 g/mol. The van der Waals surface area contributed by atoms with Crippen molar-refractivity contribution in [3.8, 4) is 11.5 Å². The van der Waals surface area contributed by atoms with Crippen molar-refractivity contribution in [1.82, 2.24) is 9.97 Å². The summed E-state index contributed by atoms with van der Waals surface area (Å²) < 4.78 is 25.8. The van der Waals surface area contributed by atoms with Crippen LogP contribution in [0.15, 0.2) is 24.4 Å². The van der Waals surface area contributed by atoms with Crippen molar-refractivity contribution in [3.63, 3.8) is 0 Å². The topological polar surface area (TPSA) is 56.3 Å². The Labute approximate surface area is 161 Å². The van der Waals surface area contributed by atoms with Crippen LogP contribution in [0.4, 0.5) is 9.52 Å². The van der Waals surface area contributed by atoms with Gasteiger partial charge in [-0.15, -0.1) is 0 Å². The fourth-order valence-corrected chi connectivity index (χ4v) is 3.09. The minimum absolute atomic E-state index is 0.0421. The molecule has 26 heavy (non-hydrogen) atoms. The van der Waals surface area contributed by atoms with Gasteiger partial charge in [0.25, 0.3) is 0 Å². The first kappa shape index (κ1) is 20.2. The predicted molar refractivity (Wildman–Crippen MR) is 105 cm³/mol. The number of methoxy groups -OCH3 is 1. The summed E-state index contributed by atoms with van der Waals surface area (Å²) in [4.78, 5) is 8.10. The number of halogens is 2. The van der Waals surface area contributed by atoms with Gasteiger partial charge in [0, 0.05) is 24.9 Å². The number of ether oxygens (including phenoxy) is 2. The molecule has 0 saturated carbocycles. The van der Waals surface area contributed by atoms with Gasteiger partial charge in [0.05, 0.1) is 11.8 Å². The van der Waals surface area contributed by atoms with Crippen LogP contribution < -0.4 is 14.8 Å². The summed E-state index contributed by atoms with van der Waals surface area (Å²) in [5.74, 6) is 0.592. The molecule has 3 rings (SSSR count). The fraction of sp³-hybridized carbons (Fsp3) is 0.333. The van der Waals surface area contributed by atoms with E-state index in [-0.39, 0.29) is 11.8 Å². The number of benzene rings is 1. The number of pyridine rings is 1. The summed E-state index contributed by atoms with van der Waals surface area (Å²) in [7, 11) is 3.37. The predicted octanol–water partition coefficient (Wildman–Crippen LogP) is 5.53. The Morgan fingerprint density at radius 3 is 2.69 bits per heavy atom. The lowest BCUT2D eigenvalue weighted by Crippen LogP contribution is -2.00. The van der Waals surface area contributed by atoms with E-state index in [1.807, 2.05) is 6.07 Å². The Morgan fingerprint density at radius 2 is 2.04 bits per heavy atom. The van der Waals surface area contributed by atoms with Crippen molar-refractivity contribution in [2.45, 2.75) is 26.9 Å². The van der Waals surface area contributed by atoms with Crippen LogP contribution >= 0.6 is 22.9 Å². The monoisotopic (exact) mass is 397 g/mol. The highest BCUT2D eigenvalue weighted by molar-refractivity contribution is 7.22. The van der Waals surface area contributed by atoms with E-state index in [4.69, 9.17) is 21.1 Å². The first-order valence-electron chi connectivity index (χ1n) is 8.11. The van der Waals surface area contributed by atoms with E-state index >= 15 is 0 Å². The van der Waals surface area contributed by atoms with Crippen LogP contribution in [0.25, 0.3) is 10.2 Å². The molecule has 0 aliphatic carbocycles. The number of aromatic nitrogens is 2. The zero-order chi connectivity index (χ0) is 19.1. The van der Waals surface area contributed by atoms with Crippen LogP contribution in [0, 0.1) is 5.82 Å². The van der Waals surface area contributed by atoms with Crippen LogP contribution in [0.1, 0.15) is 25.8 Å². The molecule has 1 aromatic carbocycles. The Balaban J connectivity index is 0.000000758. The van der Waals surface area contributed by atoms with Gasteiger partial charge in [-0.05, 0) is 12.1 Å². The Kier molecular flexibility index (Phi) is 7.41. The molecule has 0 fully saturated rings. The molecule has 1 N–H and O–H groups in total. The van der Waals surface area contributed by atoms with Gasteiger partial charge in [0.1, 0.15) is 23.6 Å². The molecule has 140 valence electrons. The smallest absolute Gasteiger partial charge is 0.183 e. The van der Waals surface area contributed by atoms with Gasteiger partial charge in [-0.2, -0.15) is 0 Å². The number of thiazole rings is 1. The van der Waals surface area contributed by atoms with Crippen molar-refractivity contribution in [2.24, 2.45) is 0 Å². The number of nitrogens with zero attached hydrogens (tertiary/aromatic N) is 2. The summed E-state index contributed by atoms with van der Waals surface area (Å²) in [5.41, 5.74) is 1.09. The maximum atomic E-state index is 13.8. The molecule has 5 nitrogen and oxygen atoms in total. The lowest BCUT2D eigenvalue weighted by molar-refractivity contribution is 0.298. The van der Waals surface area contributed by atoms with E-state index in [2.05, 4.69) is 29.1 Å². The van der Waals surface area contributed by atoms with Crippen LogP contribution in [0.2, 0.25) is 5.15 Å². The summed E-state index contributed by atoms with van der Waals surface area (Å²) in [6.07, 6.45) is 2.69. The van der Waals surface area contributed by atoms with E-state index in [0.29, 0.717) is 17.1 Å². The second-order valence-corrected chi connectivity index (χ2v) is 6.70. The summed E-state index contributed by atoms with van der Waals surface area (Å²) in [5, 5.41) is 3.61. The molecule has 0 bridgehead atoms. The van der Waals surface area contributed by atoms with E-state index < -0.39 is 5.82 Å². The third-order valence-electron chi connectivity index (χ3n) is 3.19. The second-order valence-electron chi connectivity index (χ2n) is 5.31. The zero-order valence-electron chi connectivity index (χ0n) is 15.1. The van der Waals surface area contributed by atoms with Gasteiger partial charge < -0.3 is 14.8 Å². The van der Waals surface area contributed by atoms with Crippen LogP contribution in [0.5, 0.6) is 11.5 Å². The van der Waals surface area contributed by atoms with E-state index in [0.717, 1.165) is 15.3 Å². The van der Waals surface area contributed by atoms with Crippen LogP contribution in [0.3, 0.4) is 0 Å². The maximum Gasteiger partial charge on any atom is 0.183 e. The minimum atomic E-state index is -0.572. The first-order chi connectivity index (χ1) is 12.5. The zero-order valence-corrected chi connectivity index (χ0v) is 16.7. The van der Waals surface area contributed by atoms with E-state index in [9.17, 15) is 4.39 Å². The molecule has 3 aromatic rings. The minimum Gasteiger partial charge on any atom is -0.494 e. The molecule has 8 heteroatoms. The van der Waals surface area contributed by atoms with Gasteiger partial charge in [-0.25, -0.2) is 14.4 Å².